The highest BCUT2D eigenvalue weighted by molar-refractivity contribution is 5.73. The molecule has 5 nitrogen and oxygen atoms in total. The van der Waals surface area contributed by atoms with Gasteiger partial charge in [0.15, 0.2) is 0 Å². The summed E-state index contributed by atoms with van der Waals surface area (Å²) in [5.41, 5.74) is 2.62. The molecule has 0 unspecified atom stereocenters. The van der Waals surface area contributed by atoms with Crippen LogP contribution in [-0.4, -0.2) is 22.1 Å². The summed E-state index contributed by atoms with van der Waals surface area (Å²) in [6.07, 6.45) is 5.65. The number of hydrogen-bond acceptors (Lipinski definition) is 4. The van der Waals surface area contributed by atoms with E-state index in [9.17, 15) is 4.79 Å². The molecule has 1 aliphatic carbocycles. The Hall–Kier alpha value is -2.17. The van der Waals surface area contributed by atoms with E-state index >= 15 is 0 Å². The second kappa shape index (κ2) is 7.60. The molecular weight excluding hydrogens is 302 g/mol. The van der Waals surface area contributed by atoms with Crippen molar-refractivity contribution in [3.63, 3.8) is 0 Å². The molecular formula is C19H25N3O2. The lowest BCUT2D eigenvalue weighted by Gasteiger charge is -2.10. The molecule has 24 heavy (non-hydrogen) atoms. The molecule has 0 bridgehead atoms. The molecule has 0 aliphatic heterocycles. The van der Waals surface area contributed by atoms with E-state index in [0.717, 1.165) is 44.4 Å². The van der Waals surface area contributed by atoms with Crippen LogP contribution in [0, 0.1) is 12.8 Å². The Morgan fingerprint density at radius 1 is 1.21 bits per heavy atom. The summed E-state index contributed by atoms with van der Waals surface area (Å²) in [5, 5.41) is 11.4. The molecule has 1 saturated carbocycles. The number of hydrogen-bond donors (Lipinski definition) is 1. The van der Waals surface area contributed by atoms with Crippen LogP contribution in [-0.2, 0) is 24.1 Å². The van der Waals surface area contributed by atoms with Crippen molar-refractivity contribution < 1.29 is 9.21 Å². The van der Waals surface area contributed by atoms with Crippen molar-refractivity contribution in [3.05, 3.63) is 47.2 Å². The van der Waals surface area contributed by atoms with Crippen LogP contribution in [0.1, 0.15) is 49.1 Å². The predicted molar refractivity (Wildman–Crippen MR) is 91.5 cm³/mol. The maximum Gasteiger partial charge on any atom is 0.217 e. The number of amides is 1. The molecule has 5 heteroatoms. The third-order valence-electron chi connectivity index (χ3n) is 4.79. The summed E-state index contributed by atoms with van der Waals surface area (Å²) in [4.78, 5) is 11.1. The van der Waals surface area contributed by atoms with E-state index in [-0.39, 0.29) is 5.91 Å². The maximum absolute atomic E-state index is 11.1. The zero-order chi connectivity index (χ0) is 16.9. The summed E-state index contributed by atoms with van der Waals surface area (Å²) >= 11 is 0. The van der Waals surface area contributed by atoms with Crippen molar-refractivity contribution in [1.82, 2.24) is 15.5 Å². The van der Waals surface area contributed by atoms with Gasteiger partial charge in [0, 0.05) is 25.8 Å². The second-order valence-corrected chi connectivity index (χ2v) is 6.80. The van der Waals surface area contributed by atoms with Crippen LogP contribution < -0.4 is 5.32 Å². The smallest absolute Gasteiger partial charge is 0.217 e. The largest absolute Gasteiger partial charge is 0.425 e. The number of carbonyl (C=O) groups is 1. The minimum atomic E-state index is 0.0527. The van der Waals surface area contributed by atoms with Crippen LogP contribution in [0.5, 0.6) is 0 Å². The normalized spacial score (nSPS) is 20.2. The van der Waals surface area contributed by atoms with Crippen LogP contribution in [0.2, 0.25) is 0 Å². The van der Waals surface area contributed by atoms with Gasteiger partial charge in [0.2, 0.25) is 17.7 Å². The Bertz CT molecular complexity index is 695. The number of aromatic nitrogens is 2. The quantitative estimate of drug-likeness (QED) is 0.885. The first kappa shape index (κ1) is 16.7. The van der Waals surface area contributed by atoms with Crippen LogP contribution in [0.4, 0.5) is 0 Å². The van der Waals surface area contributed by atoms with E-state index in [4.69, 9.17) is 4.42 Å². The van der Waals surface area contributed by atoms with Crippen molar-refractivity contribution in [2.45, 2.75) is 58.4 Å². The molecule has 1 N–H and O–H groups in total. The summed E-state index contributed by atoms with van der Waals surface area (Å²) in [6.45, 7) is 3.70. The Morgan fingerprint density at radius 3 is 2.79 bits per heavy atom. The van der Waals surface area contributed by atoms with Gasteiger partial charge in [0.25, 0.3) is 0 Å². The fourth-order valence-corrected chi connectivity index (χ4v) is 3.53. The number of carbonyl (C=O) groups excluding carboxylic acids is 1. The Balaban J connectivity index is 1.49. The van der Waals surface area contributed by atoms with Crippen molar-refractivity contribution in [3.8, 4) is 0 Å². The molecule has 1 aromatic heterocycles. The topological polar surface area (TPSA) is 68.0 Å². The summed E-state index contributed by atoms with van der Waals surface area (Å²) < 4.78 is 5.81. The van der Waals surface area contributed by atoms with Crippen LogP contribution in [0.25, 0.3) is 0 Å². The zero-order valence-corrected chi connectivity index (χ0v) is 14.4. The summed E-state index contributed by atoms with van der Waals surface area (Å²) in [7, 11) is 0. The van der Waals surface area contributed by atoms with E-state index in [1.54, 1.807) is 6.92 Å². The maximum atomic E-state index is 11.1. The molecule has 0 saturated heterocycles. The lowest BCUT2D eigenvalue weighted by molar-refractivity contribution is -0.119. The zero-order valence-electron chi connectivity index (χ0n) is 14.4. The lowest BCUT2D eigenvalue weighted by atomic mass is 10.0. The van der Waals surface area contributed by atoms with E-state index in [0.29, 0.717) is 17.9 Å². The van der Waals surface area contributed by atoms with Crippen LogP contribution >= 0.6 is 0 Å². The van der Waals surface area contributed by atoms with Crippen molar-refractivity contribution in [2.24, 2.45) is 5.92 Å². The molecule has 1 aromatic carbocycles. The number of rotatable bonds is 6. The first-order valence-electron chi connectivity index (χ1n) is 8.73. The average molecular weight is 327 g/mol. The lowest BCUT2D eigenvalue weighted by Crippen LogP contribution is -2.30. The fraction of sp³-hybridized carbons (Fsp3) is 0.526. The Kier molecular flexibility index (Phi) is 5.28. The minimum Gasteiger partial charge on any atom is -0.425 e. The van der Waals surface area contributed by atoms with E-state index in [2.05, 4.69) is 46.7 Å². The summed E-state index contributed by atoms with van der Waals surface area (Å²) in [5.74, 6) is 2.01. The van der Waals surface area contributed by atoms with Crippen molar-refractivity contribution >= 4 is 5.91 Å². The van der Waals surface area contributed by atoms with E-state index in [1.165, 1.54) is 11.1 Å². The monoisotopic (exact) mass is 327 g/mol. The number of nitrogens with zero attached hydrogens (tertiary/aromatic N) is 2. The molecule has 1 aliphatic rings. The third-order valence-corrected chi connectivity index (χ3v) is 4.79. The van der Waals surface area contributed by atoms with Gasteiger partial charge >= 0.3 is 0 Å². The Labute approximate surface area is 142 Å². The second-order valence-electron chi connectivity index (χ2n) is 6.80. The minimum absolute atomic E-state index is 0.0527. The van der Waals surface area contributed by atoms with Gasteiger partial charge in [-0.05, 0) is 49.7 Å². The van der Waals surface area contributed by atoms with Crippen molar-refractivity contribution in [2.75, 3.05) is 0 Å². The molecule has 1 amide bonds. The first-order chi connectivity index (χ1) is 11.6. The molecule has 128 valence electrons. The number of benzene rings is 1. The Morgan fingerprint density at radius 2 is 2.00 bits per heavy atom. The highest BCUT2D eigenvalue weighted by atomic mass is 16.4. The average Bonchev–Trinajstić information content (AvgIpc) is 3.16. The molecule has 0 spiro atoms. The van der Waals surface area contributed by atoms with Gasteiger partial charge in [-0.3, -0.25) is 4.79 Å². The van der Waals surface area contributed by atoms with Crippen molar-refractivity contribution in [1.29, 1.82) is 0 Å². The molecule has 1 heterocycles. The van der Waals surface area contributed by atoms with Gasteiger partial charge in [-0.25, -0.2) is 0 Å². The van der Waals surface area contributed by atoms with Crippen LogP contribution in [0.3, 0.4) is 0 Å². The summed E-state index contributed by atoms with van der Waals surface area (Å²) in [6, 6.07) is 8.69. The third kappa shape index (κ3) is 4.43. The van der Waals surface area contributed by atoms with Crippen LogP contribution in [0.15, 0.2) is 28.7 Å². The first-order valence-corrected chi connectivity index (χ1v) is 8.73. The molecule has 0 radical (unpaired) electrons. The number of aryl methyl sites for hydroxylation is 3. The fourth-order valence-electron chi connectivity index (χ4n) is 3.53. The van der Waals surface area contributed by atoms with Gasteiger partial charge in [-0.2, -0.15) is 0 Å². The van der Waals surface area contributed by atoms with Gasteiger partial charge in [-0.1, -0.05) is 24.3 Å². The van der Waals surface area contributed by atoms with E-state index in [1.807, 2.05) is 0 Å². The van der Waals surface area contributed by atoms with Gasteiger partial charge in [0.1, 0.15) is 0 Å². The highest BCUT2D eigenvalue weighted by Gasteiger charge is 2.26. The number of nitrogens with one attached hydrogen (secondary N) is 1. The molecule has 2 atom stereocenters. The predicted octanol–water partition coefficient (Wildman–Crippen LogP) is 3.01. The molecule has 1 fully saturated rings. The SMILES string of the molecule is CC(=O)N[C@H]1CC[C@@H](Cc2nnc(CCc3ccccc3C)o2)C1. The van der Waals surface area contributed by atoms with E-state index < -0.39 is 0 Å². The molecule has 2 aromatic rings. The van der Waals surface area contributed by atoms with Gasteiger partial charge in [0.05, 0.1) is 0 Å². The standard InChI is InChI=1S/C19H25N3O2/c1-13-5-3-4-6-16(13)8-10-18-21-22-19(24-18)12-15-7-9-17(11-15)20-14(2)23/h3-6,15,17H,7-12H2,1-2H3,(H,20,23)/t15-,17+/m1/s1. The van der Waals surface area contributed by atoms with Gasteiger partial charge < -0.3 is 9.73 Å². The highest BCUT2D eigenvalue weighted by Crippen LogP contribution is 2.28. The molecule has 3 rings (SSSR count). The van der Waals surface area contributed by atoms with Gasteiger partial charge in [-0.15, -0.1) is 10.2 Å².